The maximum absolute atomic E-state index is 9.58. The Bertz CT molecular complexity index is 933. The van der Waals surface area contributed by atoms with Crippen molar-refractivity contribution >= 4 is 28.1 Å². The quantitative estimate of drug-likeness (QED) is 0.784. The van der Waals surface area contributed by atoms with E-state index in [2.05, 4.69) is 49.9 Å². The van der Waals surface area contributed by atoms with E-state index in [4.69, 9.17) is 4.98 Å². The Morgan fingerprint density at radius 3 is 2.93 bits per heavy atom. The van der Waals surface area contributed by atoms with Crippen molar-refractivity contribution in [1.82, 2.24) is 24.8 Å². The highest BCUT2D eigenvalue weighted by molar-refractivity contribution is 7.13. The second kappa shape index (κ2) is 7.76. The summed E-state index contributed by atoms with van der Waals surface area (Å²) >= 11 is 1.53. The Morgan fingerprint density at radius 1 is 1.30 bits per heavy atom. The van der Waals surface area contributed by atoms with Gasteiger partial charge in [0.05, 0.1) is 29.7 Å². The van der Waals surface area contributed by atoms with Crippen LogP contribution in [0.5, 0.6) is 0 Å². The Hall–Kier alpha value is -2.28. The van der Waals surface area contributed by atoms with Gasteiger partial charge in [-0.15, -0.1) is 11.3 Å². The average Bonchev–Trinajstić information content (AvgIpc) is 3.34. The third-order valence-corrected chi connectivity index (χ3v) is 7.47. The number of piperazine rings is 1. The molecule has 2 aromatic heterocycles. The molecule has 3 aliphatic heterocycles. The zero-order chi connectivity index (χ0) is 20.7. The molecule has 3 fully saturated rings. The topological polar surface area (TPSA) is 84.2 Å². The van der Waals surface area contributed by atoms with E-state index >= 15 is 0 Å². The van der Waals surface area contributed by atoms with Crippen molar-refractivity contribution in [3.63, 3.8) is 0 Å². The lowest BCUT2D eigenvalue weighted by molar-refractivity contribution is -0.000599. The normalized spacial score (nSPS) is 26.1. The average molecular weight is 425 g/mol. The summed E-state index contributed by atoms with van der Waals surface area (Å²) in [4.78, 5) is 20.8. The fraction of sp³-hybridized carbons (Fsp3) is 0.619. The van der Waals surface area contributed by atoms with Gasteiger partial charge in [-0.3, -0.25) is 14.8 Å². The van der Waals surface area contributed by atoms with Crippen LogP contribution >= 0.6 is 11.3 Å². The summed E-state index contributed by atoms with van der Waals surface area (Å²) in [7, 11) is 0. The van der Waals surface area contributed by atoms with Crippen LogP contribution < -0.4 is 10.2 Å². The monoisotopic (exact) mass is 424 g/mol. The first-order chi connectivity index (χ1) is 14.6. The van der Waals surface area contributed by atoms with Gasteiger partial charge in [0.2, 0.25) is 5.95 Å². The summed E-state index contributed by atoms with van der Waals surface area (Å²) < 4.78 is 0. The lowest BCUT2D eigenvalue weighted by Gasteiger charge is -2.58. The maximum atomic E-state index is 9.58. The molecule has 0 spiro atoms. The summed E-state index contributed by atoms with van der Waals surface area (Å²) in [6.07, 6.45) is 5.50. The number of thiazole rings is 1. The first kappa shape index (κ1) is 19.7. The number of anilines is 3. The van der Waals surface area contributed by atoms with Gasteiger partial charge in [-0.1, -0.05) is 6.92 Å². The van der Waals surface area contributed by atoms with Crippen LogP contribution in [-0.4, -0.2) is 75.6 Å². The third kappa shape index (κ3) is 3.53. The van der Waals surface area contributed by atoms with Gasteiger partial charge in [0.1, 0.15) is 10.8 Å². The van der Waals surface area contributed by atoms with Crippen LogP contribution in [0.4, 0.5) is 16.8 Å². The Labute approximate surface area is 181 Å². The molecule has 5 rings (SSSR count). The number of hydrogen-bond acceptors (Lipinski definition) is 9. The van der Waals surface area contributed by atoms with Gasteiger partial charge in [-0.25, -0.2) is 4.98 Å². The van der Waals surface area contributed by atoms with Crippen molar-refractivity contribution < 1.29 is 0 Å². The summed E-state index contributed by atoms with van der Waals surface area (Å²) in [6, 6.07) is 3.12. The van der Waals surface area contributed by atoms with Gasteiger partial charge < -0.3 is 10.2 Å². The molecule has 8 nitrogen and oxygen atoms in total. The van der Waals surface area contributed by atoms with E-state index in [0.717, 1.165) is 55.0 Å². The highest BCUT2D eigenvalue weighted by atomic mass is 32.1. The fourth-order valence-corrected chi connectivity index (χ4v) is 5.82. The molecular formula is C21H28N8S. The zero-order valence-electron chi connectivity index (χ0n) is 17.6. The number of nitrogens with zero attached hydrogens (tertiary/aromatic N) is 7. The molecule has 0 unspecified atom stereocenters. The number of nitriles is 1. The van der Waals surface area contributed by atoms with Crippen LogP contribution in [0, 0.1) is 24.2 Å². The van der Waals surface area contributed by atoms with Gasteiger partial charge in [0, 0.05) is 57.1 Å². The number of fused-ring (bicyclic) bond motifs is 1. The van der Waals surface area contributed by atoms with E-state index in [1.165, 1.54) is 24.3 Å². The van der Waals surface area contributed by atoms with Crippen LogP contribution in [-0.2, 0) is 0 Å². The molecule has 0 amide bonds. The number of hydrogen-bond donors (Lipinski definition) is 1. The van der Waals surface area contributed by atoms with Crippen molar-refractivity contribution in [1.29, 1.82) is 5.26 Å². The number of nitrogens with one attached hydrogen (secondary N) is 1. The first-order valence-electron chi connectivity index (χ1n) is 10.7. The highest BCUT2D eigenvalue weighted by Gasteiger charge is 2.51. The van der Waals surface area contributed by atoms with Crippen LogP contribution in [0.2, 0.25) is 0 Å². The van der Waals surface area contributed by atoms with E-state index in [0.29, 0.717) is 18.4 Å². The van der Waals surface area contributed by atoms with Crippen molar-refractivity contribution in [2.24, 2.45) is 5.92 Å². The minimum atomic E-state index is -0.0602. The summed E-state index contributed by atoms with van der Waals surface area (Å²) in [5.74, 6) is 2.33. The first-order valence-corrected chi connectivity index (χ1v) is 11.5. The molecule has 30 heavy (non-hydrogen) atoms. The van der Waals surface area contributed by atoms with Gasteiger partial charge in [0.25, 0.3) is 0 Å². The predicted octanol–water partition coefficient (Wildman–Crippen LogP) is 2.48. The van der Waals surface area contributed by atoms with E-state index < -0.39 is 0 Å². The van der Waals surface area contributed by atoms with E-state index in [-0.39, 0.29) is 5.54 Å². The van der Waals surface area contributed by atoms with Gasteiger partial charge in [-0.2, -0.15) is 10.2 Å². The summed E-state index contributed by atoms with van der Waals surface area (Å²) in [6.45, 7) is 10.6. The van der Waals surface area contributed by atoms with Crippen LogP contribution in [0.3, 0.4) is 0 Å². The lowest BCUT2D eigenvalue weighted by atomic mass is 9.83. The van der Waals surface area contributed by atoms with Crippen LogP contribution in [0.15, 0.2) is 17.9 Å². The maximum Gasteiger partial charge on any atom is 0.229 e. The zero-order valence-corrected chi connectivity index (χ0v) is 18.4. The van der Waals surface area contributed by atoms with Crippen molar-refractivity contribution in [2.45, 2.75) is 38.3 Å². The van der Waals surface area contributed by atoms with E-state index in [1.54, 1.807) is 11.7 Å². The minimum absolute atomic E-state index is 0.0602. The molecule has 1 N–H and O–H groups in total. The molecule has 9 heteroatoms. The minimum Gasteiger partial charge on any atom is -0.352 e. The molecule has 158 valence electrons. The third-order valence-electron chi connectivity index (χ3n) is 6.79. The number of aryl methyl sites for hydroxylation is 1. The van der Waals surface area contributed by atoms with Crippen molar-refractivity contribution in [3.8, 4) is 6.07 Å². The Morgan fingerprint density at radius 2 is 2.17 bits per heavy atom. The lowest BCUT2D eigenvalue weighted by Crippen LogP contribution is -2.73. The summed E-state index contributed by atoms with van der Waals surface area (Å²) in [5, 5.41) is 13.7. The fourth-order valence-electron chi connectivity index (χ4n) is 5.31. The molecule has 3 saturated heterocycles. The molecule has 0 aromatic carbocycles. The van der Waals surface area contributed by atoms with E-state index in [9.17, 15) is 5.26 Å². The van der Waals surface area contributed by atoms with Gasteiger partial charge in [-0.05, 0) is 19.3 Å². The Kier molecular flexibility index (Phi) is 5.09. The molecule has 0 bridgehead atoms. The summed E-state index contributed by atoms with van der Waals surface area (Å²) in [5.41, 5.74) is 2.79. The van der Waals surface area contributed by atoms with Crippen LogP contribution in [0.1, 0.15) is 25.3 Å². The predicted molar refractivity (Wildman–Crippen MR) is 118 cm³/mol. The highest BCUT2D eigenvalue weighted by Crippen LogP contribution is 2.38. The van der Waals surface area contributed by atoms with Gasteiger partial charge in [0.15, 0.2) is 0 Å². The number of aromatic nitrogens is 3. The second-order valence-electron chi connectivity index (χ2n) is 9.04. The largest absolute Gasteiger partial charge is 0.352 e. The molecule has 0 aliphatic carbocycles. The van der Waals surface area contributed by atoms with Crippen molar-refractivity contribution in [3.05, 3.63) is 23.5 Å². The molecule has 0 saturated carbocycles. The molecular weight excluding hydrogens is 396 g/mol. The van der Waals surface area contributed by atoms with E-state index in [1.807, 2.05) is 6.20 Å². The smallest absolute Gasteiger partial charge is 0.229 e. The second-order valence-corrected chi connectivity index (χ2v) is 9.93. The molecule has 5 heterocycles. The Balaban J connectivity index is 1.31. The molecule has 0 radical (unpaired) electrons. The molecule has 2 aromatic rings. The molecule has 2 atom stereocenters. The van der Waals surface area contributed by atoms with Gasteiger partial charge >= 0.3 is 0 Å². The SMILES string of the molecule is Cc1cnc(Nc2cncs2)nc1N1CC(CC#N)(N2CCN3C[C@H](C)C[C@H]3C2)C1. The van der Waals surface area contributed by atoms with Crippen molar-refractivity contribution in [2.75, 3.05) is 49.5 Å². The van der Waals surface area contributed by atoms with Crippen LogP contribution in [0.25, 0.3) is 0 Å². The number of rotatable bonds is 5. The standard InChI is InChI=1S/C21H28N8S/c1-15-7-17-11-29(6-5-27(17)10-15)21(3-4-22)12-28(13-21)19-16(2)8-24-20(26-19)25-18-9-23-14-30-18/h8-9,14-15,17H,3,5-7,10-13H2,1-2H3,(H,24,25,26)/t15-,17+/m1/s1. The molecule has 3 aliphatic rings.